The van der Waals surface area contributed by atoms with Crippen LogP contribution in [-0.4, -0.2) is 34.1 Å². The molecule has 24 heavy (non-hydrogen) atoms. The minimum Gasteiger partial charge on any atom is -0.477 e. The maximum Gasteiger partial charge on any atom is 0.360 e. The van der Waals surface area contributed by atoms with Gasteiger partial charge in [-0.25, -0.2) is 14.3 Å². The van der Waals surface area contributed by atoms with Crippen molar-refractivity contribution in [2.75, 3.05) is 6.54 Å². The number of carboxylic acids is 1. The second kappa shape index (κ2) is 11.2. The number of amidine groups is 1. The van der Waals surface area contributed by atoms with Gasteiger partial charge in [0.1, 0.15) is 12.4 Å². The van der Waals surface area contributed by atoms with Gasteiger partial charge in [0, 0.05) is 13.3 Å². The van der Waals surface area contributed by atoms with Crippen molar-refractivity contribution in [1.82, 2.24) is 0 Å². The number of quaternary nitrogens is 1. The van der Waals surface area contributed by atoms with Crippen molar-refractivity contribution in [2.45, 2.75) is 77.8 Å². The zero-order valence-electron chi connectivity index (χ0n) is 15.3. The summed E-state index contributed by atoms with van der Waals surface area (Å²) in [4.78, 5) is 15.6. The second-order valence-electron chi connectivity index (χ2n) is 6.63. The largest absolute Gasteiger partial charge is 0.477 e. The van der Waals surface area contributed by atoms with E-state index in [9.17, 15) is 9.90 Å². The fourth-order valence-corrected chi connectivity index (χ4v) is 3.04. The third kappa shape index (κ3) is 6.57. The van der Waals surface area contributed by atoms with Gasteiger partial charge in [0.15, 0.2) is 6.54 Å². The Balaban J connectivity index is 2.27. The van der Waals surface area contributed by atoms with E-state index in [4.69, 9.17) is 5.73 Å². The van der Waals surface area contributed by atoms with Crippen LogP contribution in [0.2, 0.25) is 0 Å². The first-order valence-electron chi connectivity index (χ1n) is 9.27. The van der Waals surface area contributed by atoms with E-state index < -0.39 is 5.97 Å². The molecule has 5 heteroatoms. The minimum absolute atomic E-state index is 0.0322. The van der Waals surface area contributed by atoms with E-state index >= 15 is 0 Å². The maximum absolute atomic E-state index is 11.2. The smallest absolute Gasteiger partial charge is 0.360 e. The number of carbonyl (C=O) groups is 1. The van der Waals surface area contributed by atoms with Crippen molar-refractivity contribution in [3.05, 3.63) is 24.6 Å². The van der Waals surface area contributed by atoms with E-state index in [1.54, 1.807) is 6.20 Å². The molecule has 136 valence electrons. The van der Waals surface area contributed by atoms with Crippen LogP contribution in [0.1, 0.15) is 71.6 Å². The molecule has 1 aliphatic rings. The Labute approximate surface area is 146 Å². The van der Waals surface area contributed by atoms with Crippen molar-refractivity contribution in [3.8, 4) is 0 Å². The average molecular weight is 337 g/mol. The molecule has 0 bridgehead atoms. The molecule has 3 N–H and O–H groups in total. The summed E-state index contributed by atoms with van der Waals surface area (Å²) in [6.45, 7) is 4.03. The number of unbranched alkanes of at least 4 members (excludes halogenated alkanes) is 6. The van der Waals surface area contributed by atoms with Crippen molar-refractivity contribution in [2.24, 2.45) is 10.7 Å². The van der Waals surface area contributed by atoms with E-state index in [1.165, 1.54) is 32.1 Å². The van der Waals surface area contributed by atoms with Gasteiger partial charge in [-0.1, -0.05) is 44.8 Å². The molecule has 0 saturated heterocycles. The molecule has 2 unspecified atom stereocenters. The summed E-state index contributed by atoms with van der Waals surface area (Å²) >= 11 is 0. The third-order valence-corrected chi connectivity index (χ3v) is 4.57. The zero-order valence-corrected chi connectivity index (χ0v) is 15.3. The molecule has 0 aromatic heterocycles. The molecule has 0 spiro atoms. The van der Waals surface area contributed by atoms with Crippen LogP contribution in [0.3, 0.4) is 0 Å². The van der Waals surface area contributed by atoms with E-state index in [0.717, 1.165) is 31.5 Å². The van der Waals surface area contributed by atoms with Gasteiger partial charge < -0.3 is 5.11 Å². The van der Waals surface area contributed by atoms with Crippen molar-refractivity contribution in [1.29, 1.82) is 0 Å². The number of aliphatic imine (C=N–C) groups is 1. The molecule has 1 heterocycles. The molecule has 0 saturated carbocycles. The van der Waals surface area contributed by atoms with E-state index in [0.29, 0.717) is 0 Å². The standard InChI is InChI=1S/C19H33N3O2/c1-3-4-5-6-7-8-9-10-11-12-13-18-21-14-15-22(18,17(2)20)16-19(23)24/h6-7,14-15,17H,3-5,8-13,16,20H2,1-2H3/p+1/b7-6+. The van der Waals surface area contributed by atoms with Crippen LogP contribution in [0.15, 0.2) is 29.5 Å². The molecule has 1 aliphatic heterocycles. The van der Waals surface area contributed by atoms with Crippen LogP contribution in [-0.2, 0) is 4.79 Å². The number of allylic oxidation sites excluding steroid dienone is 2. The lowest BCUT2D eigenvalue weighted by molar-refractivity contribution is -0.805. The number of carboxylic acid groups (broad SMARTS) is 1. The van der Waals surface area contributed by atoms with Gasteiger partial charge in [0.2, 0.25) is 5.84 Å². The third-order valence-electron chi connectivity index (χ3n) is 4.57. The summed E-state index contributed by atoms with van der Waals surface area (Å²) in [5, 5.41) is 9.19. The Hall–Kier alpha value is -1.46. The Morgan fingerprint density at radius 1 is 1.25 bits per heavy atom. The molecular formula is C19H34N3O2+. The van der Waals surface area contributed by atoms with Gasteiger partial charge in [0.05, 0.1) is 6.20 Å². The summed E-state index contributed by atoms with van der Waals surface area (Å²) in [5.41, 5.74) is 6.06. The Bertz CT molecular complexity index is 469. The molecule has 5 nitrogen and oxygen atoms in total. The first-order chi connectivity index (χ1) is 11.5. The topological polar surface area (TPSA) is 75.7 Å². The summed E-state index contributed by atoms with van der Waals surface area (Å²) in [6.07, 6.45) is 18.1. The molecule has 1 rings (SSSR count). The normalized spacial score (nSPS) is 21.4. The zero-order chi connectivity index (χ0) is 17.8. The number of hydrogen-bond donors (Lipinski definition) is 2. The average Bonchev–Trinajstić information content (AvgIpc) is 2.92. The Kier molecular flexibility index (Phi) is 9.57. The lowest BCUT2D eigenvalue weighted by Gasteiger charge is -2.34. The van der Waals surface area contributed by atoms with Gasteiger partial charge >= 0.3 is 5.97 Å². The first kappa shape index (κ1) is 20.6. The van der Waals surface area contributed by atoms with Crippen LogP contribution >= 0.6 is 0 Å². The molecule has 2 atom stereocenters. The number of hydrogen-bond acceptors (Lipinski definition) is 3. The van der Waals surface area contributed by atoms with Gasteiger partial charge in [-0.3, -0.25) is 5.73 Å². The molecule has 0 aromatic rings. The van der Waals surface area contributed by atoms with Gasteiger partial charge in [-0.05, 0) is 25.7 Å². The highest BCUT2D eigenvalue weighted by atomic mass is 16.4. The van der Waals surface area contributed by atoms with Crippen LogP contribution in [0, 0.1) is 0 Å². The Morgan fingerprint density at radius 2 is 1.92 bits per heavy atom. The van der Waals surface area contributed by atoms with Crippen molar-refractivity contribution < 1.29 is 14.4 Å². The lowest BCUT2D eigenvalue weighted by Crippen LogP contribution is -2.59. The summed E-state index contributed by atoms with van der Waals surface area (Å²) < 4.78 is 0.162. The molecule has 0 aliphatic carbocycles. The van der Waals surface area contributed by atoms with Crippen LogP contribution in [0.25, 0.3) is 0 Å². The van der Waals surface area contributed by atoms with E-state index in [-0.39, 0.29) is 17.2 Å². The van der Waals surface area contributed by atoms with Crippen molar-refractivity contribution >= 4 is 11.8 Å². The first-order valence-corrected chi connectivity index (χ1v) is 9.27. The highest BCUT2D eigenvalue weighted by molar-refractivity contribution is 5.81. The fraction of sp³-hybridized carbons (Fsp3) is 0.684. The SMILES string of the molecule is CCCC/C=C/CCCCCCC1=NC=C[N+]1(CC(=O)O)C(C)N. The molecule has 0 aromatic carbocycles. The highest BCUT2D eigenvalue weighted by Crippen LogP contribution is 2.23. The predicted octanol–water partition coefficient (Wildman–Crippen LogP) is 4.16. The maximum atomic E-state index is 11.2. The monoisotopic (exact) mass is 336 g/mol. The van der Waals surface area contributed by atoms with Crippen LogP contribution in [0.5, 0.6) is 0 Å². The number of nitrogens with zero attached hydrogens (tertiary/aromatic N) is 2. The second-order valence-corrected chi connectivity index (χ2v) is 6.63. The number of nitrogens with two attached hydrogens (primary N) is 1. The number of aliphatic carboxylic acids is 1. The quantitative estimate of drug-likeness (QED) is 0.301. The summed E-state index contributed by atoms with van der Waals surface area (Å²) in [7, 11) is 0. The lowest BCUT2D eigenvalue weighted by atomic mass is 10.1. The molecule has 0 fully saturated rings. The van der Waals surface area contributed by atoms with Crippen molar-refractivity contribution in [3.63, 3.8) is 0 Å². The number of rotatable bonds is 13. The van der Waals surface area contributed by atoms with Gasteiger partial charge in [-0.15, -0.1) is 0 Å². The van der Waals surface area contributed by atoms with Crippen LogP contribution in [0.4, 0.5) is 0 Å². The van der Waals surface area contributed by atoms with Gasteiger partial charge in [-0.2, -0.15) is 0 Å². The highest BCUT2D eigenvalue weighted by Gasteiger charge is 2.40. The molecule has 0 amide bonds. The predicted molar refractivity (Wildman–Crippen MR) is 99.4 cm³/mol. The fourth-order valence-electron chi connectivity index (χ4n) is 3.04. The Morgan fingerprint density at radius 3 is 2.54 bits per heavy atom. The van der Waals surface area contributed by atoms with E-state index in [1.807, 2.05) is 13.1 Å². The summed E-state index contributed by atoms with van der Waals surface area (Å²) in [5.74, 6) is 0.0354. The van der Waals surface area contributed by atoms with E-state index in [2.05, 4.69) is 24.1 Å². The van der Waals surface area contributed by atoms with Gasteiger partial charge in [0.25, 0.3) is 0 Å². The summed E-state index contributed by atoms with van der Waals surface area (Å²) in [6, 6.07) is 0. The molecular weight excluding hydrogens is 302 g/mol. The minimum atomic E-state index is -0.846. The molecule has 0 radical (unpaired) electrons. The van der Waals surface area contributed by atoms with Crippen LogP contribution < -0.4 is 5.73 Å².